The third-order valence-electron chi connectivity index (χ3n) is 2.37. The Bertz CT molecular complexity index is 463. The number of carbonyl (C=O) groups is 2. The van der Waals surface area contributed by atoms with Gasteiger partial charge in [-0.1, -0.05) is 17.7 Å². The van der Waals surface area contributed by atoms with Crippen molar-refractivity contribution < 1.29 is 14.3 Å². The first kappa shape index (κ1) is 14.3. The van der Waals surface area contributed by atoms with Gasteiger partial charge in [0.15, 0.2) is 0 Å². The Morgan fingerprint density at radius 3 is 2.67 bits per heavy atom. The van der Waals surface area contributed by atoms with E-state index in [0.29, 0.717) is 17.1 Å². The van der Waals surface area contributed by atoms with Crippen molar-refractivity contribution >= 4 is 29.2 Å². The number of hydrogen-bond donors (Lipinski definition) is 2. The molecular weight excluding hydrogens is 256 g/mol. The molecule has 18 heavy (non-hydrogen) atoms. The molecule has 0 unspecified atom stereocenters. The average molecular weight is 271 g/mol. The number of benzene rings is 1. The summed E-state index contributed by atoms with van der Waals surface area (Å²) >= 11 is 5.89. The highest BCUT2D eigenvalue weighted by Crippen LogP contribution is 2.20. The van der Waals surface area contributed by atoms with E-state index >= 15 is 0 Å². The molecule has 1 rings (SSSR count). The van der Waals surface area contributed by atoms with Gasteiger partial charge in [0.2, 0.25) is 5.91 Å². The molecule has 0 saturated heterocycles. The summed E-state index contributed by atoms with van der Waals surface area (Å²) in [5.41, 5.74) is 6.85. The van der Waals surface area contributed by atoms with Crippen molar-refractivity contribution in [2.75, 3.05) is 12.8 Å². The van der Waals surface area contributed by atoms with Gasteiger partial charge in [0.1, 0.15) is 6.04 Å². The smallest absolute Gasteiger partial charge is 0.328 e. The van der Waals surface area contributed by atoms with Crippen LogP contribution in [0.25, 0.3) is 0 Å². The molecule has 0 heterocycles. The molecule has 1 aromatic carbocycles. The lowest BCUT2D eigenvalue weighted by Gasteiger charge is -2.15. The normalized spacial score (nSPS) is 11.7. The van der Waals surface area contributed by atoms with E-state index < -0.39 is 12.0 Å². The van der Waals surface area contributed by atoms with Crippen molar-refractivity contribution in [1.29, 1.82) is 0 Å². The first-order valence-electron chi connectivity index (χ1n) is 5.33. The van der Waals surface area contributed by atoms with Crippen LogP contribution in [0.5, 0.6) is 0 Å². The molecule has 98 valence electrons. The zero-order valence-corrected chi connectivity index (χ0v) is 11.0. The second-order valence-corrected chi connectivity index (χ2v) is 4.24. The van der Waals surface area contributed by atoms with Gasteiger partial charge in [0, 0.05) is 13.3 Å². The van der Waals surface area contributed by atoms with Crippen LogP contribution in [0, 0.1) is 0 Å². The first-order chi connectivity index (χ1) is 8.43. The van der Waals surface area contributed by atoms with E-state index in [4.69, 9.17) is 17.3 Å². The topological polar surface area (TPSA) is 81.4 Å². The molecule has 6 heteroatoms. The molecule has 5 nitrogen and oxygen atoms in total. The van der Waals surface area contributed by atoms with Gasteiger partial charge >= 0.3 is 5.97 Å². The first-order valence-corrected chi connectivity index (χ1v) is 5.70. The maximum Gasteiger partial charge on any atom is 0.328 e. The van der Waals surface area contributed by atoms with Gasteiger partial charge in [0.25, 0.3) is 0 Å². The van der Waals surface area contributed by atoms with Crippen molar-refractivity contribution in [2.24, 2.45) is 0 Å². The molecule has 0 radical (unpaired) electrons. The largest absolute Gasteiger partial charge is 0.467 e. The molecule has 1 aromatic rings. The zero-order valence-electron chi connectivity index (χ0n) is 10.2. The van der Waals surface area contributed by atoms with Crippen LogP contribution in [0.15, 0.2) is 18.2 Å². The van der Waals surface area contributed by atoms with E-state index in [0.717, 1.165) is 5.56 Å². The van der Waals surface area contributed by atoms with E-state index in [2.05, 4.69) is 10.1 Å². The number of hydrogen-bond acceptors (Lipinski definition) is 4. The lowest BCUT2D eigenvalue weighted by molar-refractivity contribution is -0.144. The maximum absolute atomic E-state index is 11.5. The molecule has 1 atom stereocenters. The number of nitrogens with two attached hydrogens (primary N) is 1. The molecular formula is C12H15ClN2O3. The summed E-state index contributed by atoms with van der Waals surface area (Å²) in [5.74, 6) is -0.801. The van der Waals surface area contributed by atoms with Crippen LogP contribution in [0.3, 0.4) is 0 Å². The summed E-state index contributed by atoms with van der Waals surface area (Å²) in [6.07, 6.45) is 0.298. The molecule has 1 amide bonds. The van der Waals surface area contributed by atoms with Crippen molar-refractivity contribution in [1.82, 2.24) is 5.32 Å². The fraction of sp³-hybridized carbons (Fsp3) is 0.333. The van der Waals surface area contributed by atoms with Gasteiger partial charge in [-0.25, -0.2) is 4.79 Å². The van der Waals surface area contributed by atoms with Crippen LogP contribution in [-0.2, 0) is 20.7 Å². The van der Waals surface area contributed by atoms with E-state index in [-0.39, 0.29) is 5.91 Å². The van der Waals surface area contributed by atoms with Crippen LogP contribution >= 0.6 is 11.6 Å². The van der Waals surface area contributed by atoms with E-state index in [1.54, 1.807) is 18.2 Å². The SMILES string of the molecule is COC(=O)[C@@H](Cc1ccc(N)c(Cl)c1)NC(C)=O. The quantitative estimate of drug-likeness (QED) is 0.635. The second kappa shape index (κ2) is 6.26. The van der Waals surface area contributed by atoms with Crippen LogP contribution in [0.4, 0.5) is 5.69 Å². The minimum absolute atomic E-state index is 0.298. The van der Waals surface area contributed by atoms with Gasteiger partial charge in [-0.3, -0.25) is 4.79 Å². The number of esters is 1. The summed E-state index contributed by atoms with van der Waals surface area (Å²) in [6.45, 7) is 1.34. The van der Waals surface area contributed by atoms with Gasteiger partial charge < -0.3 is 15.8 Å². The van der Waals surface area contributed by atoms with Crippen LogP contribution in [0.2, 0.25) is 5.02 Å². The molecule has 3 N–H and O–H groups in total. The molecule has 0 aliphatic rings. The maximum atomic E-state index is 11.5. The Morgan fingerprint density at radius 2 is 2.17 bits per heavy atom. The highest BCUT2D eigenvalue weighted by atomic mass is 35.5. The van der Waals surface area contributed by atoms with Crippen molar-refractivity contribution in [2.45, 2.75) is 19.4 Å². The van der Waals surface area contributed by atoms with Gasteiger partial charge in [0.05, 0.1) is 17.8 Å². The Hall–Kier alpha value is -1.75. The number of amides is 1. The van der Waals surface area contributed by atoms with E-state index in [1.807, 2.05) is 0 Å². The molecule has 0 spiro atoms. The number of rotatable bonds is 4. The summed E-state index contributed by atoms with van der Waals surface area (Å²) < 4.78 is 4.63. The van der Waals surface area contributed by atoms with Crippen LogP contribution in [0.1, 0.15) is 12.5 Å². The van der Waals surface area contributed by atoms with Crippen LogP contribution < -0.4 is 11.1 Å². The van der Waals surface area contributed by atoms with Crippen molar-refractivity contribution in [3.63, 3.8) is 0 Å². The molecule has 0 aliphatic carbocycles. The third kappa shape index (κ3) is 3.92. The van der Waals surface area contributed by atoms with Gasteiger partial charge in [-0.05, 0) is 17.7 Å². The number of carbonyl (C=O) groups excluding carboxylic acids is 2. The summed E-state index contributed by atoms with van der Waals surface area (Å²) in [7, 11) is 1.27. The van der Waals surface area contributed by atoms with Crippen LogP contribution in [-0.4, -0.2) is 25.0 Å². The number of anilines is 1. The van der Waals surface area contributed by atoms with Crippen molar-refractivity contribution in [3.05, 3.63) is 28.8 Å². The average Bonchev–Trinajstić information content (AvgIpc) is 2.31. The second-order valence-electron chi connectivity index (χ2n) is 3.84. The third-order valence-corrected chi connectivity index (χ3v) is 2.70. The Labute approximate surface area is 110 Å². The highest BCUT2D eigenvalue weighted by molar-refractivity contribution is 6.33. The fourth-order valence-corrected chi connectivity index (χ4v) is 1.72. The summed E-state index contributed by atoms with van der Waals surface area (Å²) in [5, 5.41) is 2.94. The number of ether oxygens (including phenoxy) is 1. The van der Waals surface area contributed by atoms with Gasteiger partial charge in [-0.2, -0.15) is 0 Å². The number of methoxy groups -OCH3 is 1. The lowest BCUT2D eigenvalue weighted by Crippen LogP contribution is -2.41. The zero-order chi connectivity index (χ0) is 13.7. The molecule has 0 saturated carbocycles. The molecule has 0 aromatic heterocycles. The molecule has 0 fully saturated rings. The summed E-state index contributed by atoms with van der Waals surface area (Å²) in [4.78, 5) is 22.5. The highest BCUT2D eigenvalue weighted by Gasteiger charge is 2.20. The minimum atomic E-state index is -0.729. The van der Waals surface area contributed by atoms with Gasteiger partial charge in [-0.15, -0.1) is 0 Å². The molecule has 0 aliphatic heterocycles. The van der Waals surface area contributed by atoms with Crippen molar-refractivity contribution in [3.8, 4) is 0 Å². The fourth-order valence-electron chi connectivity index (χ4n) is 1.51. The number of nitrogen functional groups attached to an aromatic ring is 1. The Balaban J connectivity index is 2.85. The monoisotopic (exact) mass is 270 g/mol. The molecule has 0 bridgehead atoms. The number of nitrogens with one attached hydrogen (secondary N) is 1. The Morgan fingerprint density at radius 1 is 1.50 bits per heavy atom. The van der Waals surface area contributed by atoms with E-state index in [1.165, 1.54) is 14.0 Å². The predicted molar refractivity (Wildman–Crippen MR) is 69.2 cm³/mol. The lowest BCUT2D eigenvalue weighted by atomic mass is 10.1. The van der Waals surface area contributed by atoms with E-state index in [9.17, 15) is 9.59 Å². The predicted octanol–water partition coefficient (Wildman–Crippen LogP) is 1.14. The number of halogens is 1. The standard InChI is InChI=1S/C12H15ClN2O3/c1-7(16)15-11(12(17)18-2)6-8-3-4-10(14)9(13)5-8/h3-5,11H,6,14H2,1-2H3,(H,15,16)/t11-/m1/s1. The Kier molecular flexibility index (Phi) is 4.97. The minimum Gasteiger partial charge on any atom is -0.467 e. The summed E-state index contributed by atoms with van der Waals surface area (Å²) in [6, 6.07) is 4.33.